The number of rotatable bonds is 8. The predicted octanol–water partition coefficient (Wildman–Crippen LogP) is 5.73. The Bertz CT molecular complexity index is 1320. The molecule has 0 saturated heterocycles. The van der Waals surface area contributed by atoms with Gasteiger partial charge in [0.25, 0.3) is 5.69 Å². The molecule has 0 fully saturated rings. The molecule has 168 valence electrons. The molecule has 0 radical (unpaired) electrons. The number of carbonyl (C=O) groups is 1. The molecule has 33 heavy (non-hydrogen) atoms. The van der Waals surface area contributed by atoms with Crippen LogP contribution in [0.4, 0.5) is 10.8 Å². The molecular formula is C23H20N4O4S2. The van der Waals surface area contributed by atoms with Gasteiger partial charge in [0.05, 0.1) is 34.9 Å². The van der Waals surface area contributed by atoms with E-state index in [4.69, 9.17) is 4.74 Å². The van der Waals surface area contributed by atoms with Crippen LogP contribution >= 0.6 is 22.7 Å². The number of aromatic nitrogens is 2. The van der Waals surface area contributed by atoms with Gasteiger partial charge in [0.2, 0.25) is 5.91 Å². The van der Waals surface area contributed by atoms with Crippen LogP contribution in [0, 0.1) is 17.0 Å². The van der Waals surface area contributed by atoms with Gasteiger partial charge in [-0.3, -0.25) is 14.9 Å². The molecule has 4 aromatic rings. The number of para-hydroxylation sites is 1. The van der Waals surface area contributed by atoms with E-state index in [-0.39, 0.29) is 18.0 Å². The topological polar surface area (TPSA) is 107 Å². The molecule has 0 aliphatic rings. The lowest BCUT2D eigenvalue weighted by atomic mass is 10.1. The summed E-state index contributed by atoms with van der Waals surface area (Å²) in [5.74, 6) is 0.526. The second-order valence-electron chi connectivity index (χ2n) is 7.09. The normalized spacial score (nSPS) is 10.7. The number of nitrogens with zero attached hydrogens (tertiary/aromatic N) is 3. The van der Waals surface area contributed by atoms with E-state index in [0.29, 0.717) is 34.3 Å². The zero-order valence-electron chi connectivity index (χ0n) is 17.9. The number of anilines is 1. The van der Waals surface area contributed by atoms with E-state index in [2.05, 4.69) is 15.3 Å². The van der Waals surface area contributed by atoms with Crippen molar-refractivity contribution in [2.45, 2.75) is 20.3 Å². The van der Waals surface area contributed by atoms with Crippen LogP contribution in [0.1, 0.15) is 18.2 Å². The van der Waals surface area contributed by atoms with Crippen LogP contribution in [0.25, 0.3) is 21.8 Å². The largest absolute Gasteiger partial charge is 0.493 e. The van der Waals surface area contributed by atoms with Crippen molar-refractivity contribution in [1.29, 1.82) is 0 Å². The molecule has 2 aromatic carbocycles. The monoisotopic (exact) mass is 480 g/mol. The molecule has 2 heterocycles. The van der Waals surface area contributed by atoms with Gasteiger partial charge in [-0.1, -0.05) is 24.3 Å². The summed E-state index contributed by atoms with van der Waals surface area (Å²) < 4.78 is 5.67. The standard InChI is InChI=1S/C23H20N4O4S2/c1-3-31-20-7-5-4-6-17(20)22-24-16(12-32-22)11-21(28)26-23-25-18(13-33-23)15-9-8-14(2)19(10-15)27(29)30/h4-10,12-13H,3,11H2,1-2H3,(H,25,26,28). The second kappa shape index (κ2) is 9.88. The molecule has 2 aromatic heterocycles. The first-order valence-electron chi connectivity index (χ1n) is 10.1. The maximum atomic E-state index is 12.5. The molecule has 1 N–H and O–H groups in total. The summed E-state index contributed by atoms with van der Waals surface area (Å²) in [7, 11) is 0. The predicted molar refractivity (Wildman–Crippen MR) is 130 cm³/mol. The van der Waals surface area contributed by atoms with Crippen LogP contribution in [0.5, 0.6) is 5.75 Å². The first-order chi connectivity index (χ1) is 15.9. The average molecular weight is 481 g/mol. The van der Waals surface area contributed by atoms with Crippen LogP contribution in [0.3, 0.4) is 0 Å². The third-order valence-electron chi connectivity index (χ3n) is 4.76. The van der Waals surface area contributed by atoms with Crippen LogP contribution in [-0.2, 0) is 11.2 Å². The molecule has 0 aliphatic carbocycles. The number of nitro groups is 1. The molecule has 0 bridgehead atoms. The van der Waals surface area contributed by atoms with Gasteiger partial charge in [0, 0.05) is 28.0 Å². The molecular weight excluding hydrogens is 460 g/mol. The third-order valence-corrected chi connectivity index (χ3v) is 6.44. The Hall–Kier alpha value is -3.63. The molecule has 0 aliphatic heterocycles. The first kappa shape index (κ1) is 22.6. The zero-order valence-corrected chi connectivity index (χ0v) is 19.5. The third kappa shape index (κ3) is 5.24. The lowest BCUT2D eigenvalue weighted by Crippen LogP contribution is -2.14. The summed E-state index contributed by atoms with van der Waals surface area (Å²) in [4.78, 5) is 32.3. The zero-order chi connectivity index (χ0) is 23.4. The molecule has 0 saturated carbocycles. The van der Waals surface area contributed by atoms with Crippen molar-refractivity contribution in [3.05, 3.63) is 74.6 Å². The smallest absolute Gasteiger partial charge is 0.272 e. The molecule has 4 rings (SSSR count). The van der Waals surface area contributed by atoms with Crippen molar-refractivity contribution < 1.29 is 14.5 Å². The number of ether oxygens (including phenoxy) is 1. The fourth-order valence-corrected chi connectivity index (χ4v) is 4.78. The van der Waals surface area contributed by atoms with Crippen molar-refractivity contribution in [3.63, 3.8) is 0 Å². The van der Waals surface area contributed by atoms with Crippen LogP contribution in [0.2, 0.25) is 0 Å². The number of carbonyl (C=O) groups excluding carboxylic acids is 1. The van der Waals surface area contributed by atoms with E-state index in [1.165, 1.54) is 28.7 Å². The van der Waals surface area contributed by atoms with Gasteiger partial charge < -0.3 is 10.1 Å². The Balaban J connectivity index is 1.43. The summed E-state index contributed by atoms with van der Waals surface area (Å²) in [6, 6.07) is 12.6. The summed E-state index contributed by atoms with van der Waals surface area (Å²) in [5, 5.41) is 18.8. The maximum absolute atomic E-state index is 12.5. The van der Waals surface area contributed by atoms with Gasteiger partial charge in [0.1, 0.15) is 10.8 Å². The minimum absolute atomic E-state index is 0.0383. The number of nitro benzene ring substituents is 1. The van der Waals surface area contributed by atoms with E-state index in [1.807, 2.05) is 36.6 Å². The van der Waals surface area contributed by atoms with E-state index in [0.717, 1.165) is 16.3 Å². The molecule has 0 atom stereocenters. The van der Waals surface area contributed by atoms with Gasteiger partial charge in [0.15, 0.2) is 5.13 Å². The highest BCUT2D eigenvalue weighted by Gasteiger charge is 2.16. The molecule has 8 nitrogen and oxygen atoms in total. The lowest BCUT2D eigenvalue weighted by Gasteiger charge is -2.07. The highest BCUT2D eigenvalue weighted by atomic mass is 32.1. The van der Waals surface area contributed by atoms with Gasteiger partial charge in [-0.05, 0) is 26.0 Å². The van der Waals surface area contributed by atoms with Gasteiger partial charge in [-0.15, -0.1) is 22.7 Å². The van der Waals surface area contributed by atoms with E-state index < -0.39 is 4.92 Å². The number of benzene rings is 2. The Labute approximate surface area is 198 Å². The highest BCUT2D eigenvalue weighted by Crippen LogP contribution is 2.33. The van der Waals surface area contributed by atoms with Gasteiger partial charge in [-0.25, -0.2) is 9.97 Å². The Kier molecular flexibility index (Phi) is 6.76. The number of amides is 1. The summed E-state index contributed by atoms with van der Waals surface area (Å²) in [6.45, 7) is 4.18. The van der Waals surface area contributed by atoms with Crippen LogP contribution < -0.4 is 10.1 Å². The fourth-order valence-electron chi connectivity index (χ4n) is 3.19. The molecule has 0 unspecified atom stereocenters. The minimum atomic E-state index is -0.414. The fraction of sp³-hybridized carbons (Fsp3) is 0.174. The van der Waals surface area contributed by atoms with Gasteiger partial charge in [-0.2, -0.15) is 0 Å². The van der Waals surface area contributed by atoms with Gasteiger partial charge >= 0.3 is 0 Å². The van der Waals surface area contributed by atoms with Crippen molar-refractivity contribution in [1.82, 2.24) is 9.97 Å². The van der Waals surface area contributed by atoms with E-state index in [9.17, 15) is 14.9 Å². The number of nitrogens with one attached hydrogen (secondary N) is 1. The number of hydrogen-bond acceptors (Lipinski definition) is 8. The second-order valence-corrected chi connectivity index (χ2v) is 8.81. The van der Waals surface area contributed by atoms with Crippen molar-refractivity contribution >= 4 is 39.4 Å². The average Bonchev–Trinajstić information content (AvgIpc) is 3.44. The molecule has 1 amide bonds. The van der Waals surface area contributed by atoms with E-state index >= 15 is 0 Å². The maximum Gasteiger partial charge on any atom is 0.272 e. The Morgan fingerprint density at radius 2 is 1.97 bits per heavy atom. The number of hydrogen-bond donors (Lipinski definition) is 1. The Morgan fingerprint density at radius 1 is 1.15 bits per heavy atom. The van der Waals surface area contributed by atoms with Crippen LogP contribution in [0.15, 0.2) is 53.2 Å². The lowest BCUT2D eigenvalue weighted by molar-refractivity contribution is -0.385. The Morgan fingerprint density at radius 3 is 2.76 bits per heavy atom. The quantitative estimate of drug-likeness (QED) is 0.255. The molecule has 0 spiro atoms. The van der Waals surface area contributed by atoms with E-state index in [1.54, 1.807) is 24.4 Å². The highest BCUT2D eigenvalue weighted by molar-refractivity contribution is 7.14. The SMILES string of the molecule is CCOc1ccccc1-c1nc(CC(=O)Nc2nc(-c3ccc(C)c([N+](=O)[O-])c3)cs2)cs1. The number of aryl methyl sites for hydroxylation is 1. The van der Waals surface area contributed by atoms with Crippen molar-refractivity contribution in [3.8, 4) is 27.6 Å². The first-order valence-corrected chi connectivity index (χ1v) is 11.9. The summed E-state index contributed by atoms with van der Waals surface area (Å²) in [5.41, 5.74) is 3.37. The van der Waals surface area contributed by atoms with Crippen molar-refractivity contribution in [2.24, 2.45) is 0 Å². The van der Waals surface area contributed by atoms with Crippen molar-refractivity contribution in [2.75, 3.05) is 11.9 Å². The van der Waals surface area contributed by atoms with Crippen LogP contribution in [-0.4, -0.2) is 27.4 Å². The number of thiazole rings is 2. The summed E-state index contributed by atoms with van der Waals surface area (Å²) >= 11 is 2.72. The summed E-state index contributed by atoms with van der Waals surface area (Å²) in [6.07, 6.45) is 0.109. The molecule has 10 heteroatoms. The minimum Gasteiger partial charge on any atom is -0.493 e.